The molecule has 7 heterocycles. The number of imidazole rings is 2. The SMILES string of the molecule is C1=CN=C(c2cccc(-c3ccccn3)n2)CC1.CCC(CC(C)n1ccnc1)n1ccnc1.Cc1ccnc(C2=NC=CC(C)C2)c1.[Os]. The van der Waals surface area contributed by atoms with E-state index in [1.807, 2.05) is 98.5 Å². The van der Waals surface area contributed by atoms with Gasteiger partial charge in [-0.3, -0.25) is 20.0 Å². The number of aryl methyl sites for hydroxylation is 1. The first kappa shape index (κ1) is 37.2. The van der Waals surface area contributed by atoms with Crippen LogP contribution in [0.5, 0.6) is 0 Å². The van der Waals surface area contributed by atoms with E-state index >= 15 is 0 Å². The Hall–Kier alpha value is -4.67. The van der Waals surface area contributed by atoms with E-state index in [4.69, 9.17) is 0 Å². The smallest absolute Gasteiger partial charge is 0.0948 e. The summed E-state index contributed by atoms with van der Waals surface area (Å²) in [5.74, 6) is 0.574. The molecule has 0 saturated carbocycles. The van der Waals surface area contributed by atoms with Gasteiger partial charge in [0.05, 0.1) is 46.9 Å². The number of allylic oxidation sites excluding steroid dienone is 2. The molecule has 0 aliphatic carbocycles. The van der Waals surface area contributed by atoms with Crippen LogP contribution in [0.15, 0.2) is 133 Å². The molecule has 0 amide bonds. The van der Waals surface area contributed by atoms with E-state index in [0.717, 1.165) is 66.3 Å². The van der Waals surface area contributed by atoms with E-state index in [1.54, 1.807) is 6.20 Å². The van der Waals surface area contributed by atoms with Gasteiger partial charge in [0.1, 0.15) is 0 Å². The van der Waals surface area contributed by atoms with Crippen molar-refractivity contribution in [2.24, 2.45) is 15.9 Å². The van der Waals surface area contributed by atoms with Crippen molar-refractivity contribution < 1.29 is 19.8 Å². The molecule has 0 bridgehead atoms. The van der Waals surface area contributed by atoms with Crippen molar-refractivity contribution in [3.63, 3.8) is 0 Å². The number of aromatic nitrogens is 7. The average molecular weight is 830 g/mol. The zero-order valence-electron chi connectivity index (χ0n) is 28.7. The van der Waals surface area contributed by atoms with E-state index in [9.17, 15) is 0 Å². The molecule has 0 spiro atoms. The van der Waals surface area contributed by atoms with Gasteiger partial charge in [-0.15, -0.1) is 0 Å². The molecule has 10 heteroatoms. The number of nitrogens with zero attached hydrogens (tertiary/aromatic N) is 9. The second-order valence-corrected chi connectivity index (χ2v) is 12.1. The minimum atomic E-state index is 0. The van der Waals surface area contributed by atoms with E-state index in [1.165, 1.54) is 5.56 Å². The van der Waals surface area contributed by atoms with Crippen molar-refractivity contribution in [3.05, 3.63) is 140 Å². The van der Waals surface area contributed by atoms with Crippen molar-refractivity contribution in [3.8, 4) is 11.4 Å². The Bertz CT molecular complexity index is 1810. The molecule has 254 valence electrons. The van der Waals surface area contributed by atoms with Gasteiger partial charge < -0.3 is 9.13 Å². The first-order chi connectivity index (χ1) is 23.5. The number of aliphatic imine (C=N–C) groups is 2. The van der Waals surface area contributed by atoms with Gasteiger partial charge in [0, 0.05) is 81.5 Å². The van der Waals surface area contributed by atoms with Crippen molar-refractivity contribution in [2.75, 3.05) is 0 Å². The molecule has 3 unspecified atom stereocenters. The van der Waals surface area contributed by atoms with E-state index < -0.39 is 0 Å². The van der Waals surface area contributed by atoms with Crippen LogP contribution in [0.2, 0.25) is 0 Å². The molecule has 0 fully saturated rings. The molecule has 49 heavy (non-hydrogen) atoms. The zero-order chi connectivity index (χ0) is 33.6. The normalized spacial score (nSPS) is 16.0. The Kier molecular flexibility index (Phi) is 14.7. The number of pyridine rings is 3. The Morgan fingerprint density at radius 1 is 0.796 bits per heavy atom. The van der Waals surface area contributed by atoms with Crippen LogP contribution in [0.3, 0.4) is 0 Å². The molecule has 2 aliphatic heterocycles. The van der Waals surface area contributed by atoms with Crippen molar-refractivity contribution in [1.82, 2.24) is 34.1 Å². The maximum atomic E-state index is 4.64. The molecule has 2 aliphatic rings. The summed E-state index contributed by atoms with van der Waals surface area (Å²) in [4.78, 5) is 30.2. The molecule has 0 saturated heterocycles. The Morgan fingerprint density at radius 2 is 1.53 bits per heavy atom. The minimum Gasteiger partial charge on any atom is -0.335 e. The molecule has 0 N–H and O–H groups in total. The summed E-state index contributed by atoms with van der Waals surface area (Å²) in [6, 6.07) is 16.9. The molecule has 0 aromatic carbocycles. The number of hydrogen-bond acceptors (Lipinski definition) is 7. The first-order valence-corrected chi connectivity index (χ1v) is 16.7. The van der Waals surface area contributed by atoms with Gasteiger partial charge in [0.25, 0.3) is 0 Å². The fraction of sp³-hybridized carbons (Fsp3) is 0.308. The van der Waals surface area contributed by atoms with E-state index in [2.05, 4.69) is 90.0 Å². The molecule has 3 atom stereocenters. The van der Waals surface area contributed by atoms with Crippen molar-refractivity contribution in [1.29, 1.82) is 0 Å². The van der Waals surface area contributed by atoms with Gasteiger partial charge in [0.2, 0.25) is 0 Å². The minimum absolute atomic E-state index is 0. The molecular weight excluding hydrogens is 785 g/mol. The summed E-state index contributed by atoms with van der Waals surface area (Å²) in [5.41, 5.74) is 7.14. The third-order valence-corrected chi connectivity index (χ3v) is 8.29. The van der Waals surface area contributed by atoms with Crippen LogP contribution in [0.25, 0.3) is 11.4 Å². The van der Waals surface area contributed by atoms with Crippen LogP contribution in [0.1, 0.15) is 81.9 Å². The zero-order valence-corrected chi connectivity index (χ0v) is 31.2. The number of rotatable bonds is 8. The Labute approximate surface area is 303 Å². The van der Waals surface area contributed by atoms with Gasteiger partial charge in [0.15, 0.2) is 0 Å². The second-order valence-electron chi connectivity index (χ2n) is 12.1. The van der Waals surface area contributed by atoms with Crippen LogP contribution >= 0.6 is 0 Å². The molecule has 5 aromatic rings. The summed E-state index contributed by atoms with van der Waals surface area (Å²) in [7, 11) is 0. The number of hydrogen-bond donors (Lipinski definition) is 0. The van der Waals surface area contributed by atoms with Crippen LogP contribution in [-0.2, 0) is 19.8 Å². The van der Waals surface area contributed by atoms with Crippen LogP contribution in [0, 0.1) is 12.8 Å². The molecule has 7 rings (SSSR count). The molecule has 0 radical (unpaired) electrons. The van der Waals surface area contributed by atoms with Gasteiger partial charge in [-0.2, -0.15) is 0 Å². The third-order valence-electron chi connectivity index (χ3n) is 8.29. The quantitative estimate of drug-likeness (QED) is 0.156. The van der Waals surface area contributed by atoms with Gasteiger partial charge in [-0.1, -0.05) is 38.1 Å². The summed E-state index contributed by atoms with van der Waals surface area (Å²) < 4.78 is 4.34. The van der Waals surface area contributed by atoms with Crippen LogP contribution in [-0.4, -0.2) is 45.5 Å². The summed E-state index contributed by atoms with van der Waals surface area (Å²) in [6.07, 6.45) is 28.3. The third kappa shape index (κ3) is 11.2. The second kappa shape index (κ2) is 19.4. The largest absolute Gasteiger partial charge is 0.335 e. The maximum Gasteiger partial charge on any atom is 0.0948 e. The van der Waals surface area contributed by atoms with Crippen molar-refractivity contribution >= 4 is 11.4 Å². The maximum absolute atomic E-state index is 4.64. The van der Waals surface area contributed by atoms with Gasteiger partial charge in [-0.05, 0) is 93.8 Å². The van der Waals surface area contributed by atoms with E-state index in [-0.39, 0.29) is 19.8 Å². The average Bonchev–Trinajstić information content (AvgIpc) is 3.88. The molecule has 9 nitrogen and oxygen atoms in total. The fourth-order valence-electron chi connectivity index (χ4n) is 5.55. The molecule has 5 aromatic heterocycles. The van der Waals surface area contributed by atoms with Crippen LogP contribution < -0.4 is 0 Å². The predicted octanol–water partition coefficient (Wildman–Crippen LogP) is 8.65. The summed E-state index contributed by atoms with van der Waals surface area (Å²) >= 11 is 0. The standard InChI is InChI=1S/C15H13N3.C12H18N4.C12H14N2.Os/c1-3-10-16-12(6-1)14-8-5-9-15(18-14)13-7-2-4-11-17-13;1-3-12(16-7-5-14-10-16)8-11(2)15-6-4-13-9-15;1-9-3-5-13-11(7-9)12-8-10(2)4-6-14-12;/h1,3-6,8-11H,2,7H2;4-7,9-12H,3,8H2,1-2H3;3-7,10H,8H2,1-2H3;. The Morgan fingerprint density at radius 3 is 2.18 bits per heavy atom. The monoisotopic (exact) mass is 831 g/mol. The summed E-state index contributed by atoms with van der Waals surface area (Å²) in [6.45, 7) is 8.71. The van der Waals surface area contributed by atoms with Gasteiger partial charge in [-0.25, -0.2) is 15.0 Å². The first-order valence-electron chi connectivity index (χ1n) is 16.7. The predicted molar refractivity (Wildman–Crippen MR) is 194 cm³/mol. The summed E-state index contributed by atoms with van der Waals surface area (Å²) in [5, 5.41) is 0. The molecular formula is C39H45N9Os. The van der Waals surface area contributed by atoms with Crippen LogP contribution in [0.4, 0.5) is 0 Å². The fourth-order valence-corrected chi connectivity index (χ4v) is 5.55. The van der Waals surface area contributed by atoms with Crippen molar-refractivity contribution in [2.45, 2.75) is 71.9 Å². The Balaban J connectivity index is 0.000000165. The van der Waals surface area contributed by atoms with E-state index in [0.29, 0.717) is 18.0 Å². The van der Waals surface area contributed by atoms with Gasteiger partial charge >= 0.3 is 0 Å². The topological polar surface area (TPSA) is 99.0 Å².